The SMILES string of the molecule is Nc1cc(S(=O)(=O)c2nc3ccc(Cl)cc3[nH]2)ccc1[N+](=O)[O-]. The van der Waals surface area contributed by atoms with E-state index in [9.17, 15) is 18.5 Å². The molecule has 3 aromatic rings. The van der Waals surface area contributed by atoms with Crippen molar-refractivity contribution in [2.45, 2.75) is 10.1 Å². The van der Waals surface area contributed by atoms with E-state index < -0.39 is 14.8 Å². The number of H-pyrrole nitrogens is 1. The number of fused-ring (bicyclic) bond motifs is 1. The summed E-state index contributed by atoms with van der Waals surface area (Å²) in [6, 6.07) is 7.91. The Balaban J connectivity index is 2.13. The van der Waals surface area contributed by atoms with E-state index in [4.69, 9.17) is 17.3 Å². The molecule has 0 saturated carbocycles. The number of nitro benzene ring substituents is 1. The van der Waals surface area contributed by atoms with E-state index in [1.165, 1.54) is 0 Å². The maximum Gasteiger partial charge on any atom is 0.292 e. The van der Waals surface area contributed by atoms with E-state index in [0.717, 1.165) is 18.2 Å². The van der Waals surface area contributed by atoms with Crippen LogP contribution >= 0.6 is 11.6 Å². The first-order valence-corrected chi connectivity index (χ1v) is 8.09. The van der Waals surface area contributed by atoms with Crippen molar-refractivity contribution >= 4 is 43.8 Å². The molecule has 118 valence electrons. The number of halogens is 1. The molecule has 0 radical (unpaired) electrons. The molecule has 0 aliphatic carbocycles. The summed E-state index contributed by atoms with van der Waals surface area (Å²) < 4.78 is 25.1. The number of aromatic nitrogens is 2. The maximum atomic E-state index is 12.6. The van der Waals surface area contributed by atoms with Gasteiger partial charge in [0.05, 0.1) is 20.9 Å². The summed E-state index contributed by atoms with van der Waals surface area (Å²) in [6.45, 7) is 0. The predicted molar refractivity (Wildman–Crippen MR) is 84.1 cm³/mol. The largest absolute Gasteiger partial charge is 0.393 e. The van der Waals surface area contributed by atoms with Crippen molar-refractivity contribution in [3.05, 3.63) is 51.5 Å². The number of aromatic amines is 1. The molecule has 0 bridgehead atoms. The van der Waals surface area contributed by atoms with E-state index in [0.29, 0.717) is 16.1 Å². The molecule has 2 aromatic carbocycles. The van der Waals surface area contributed by atoms with Crippen molar-refractivity contribution in [2.24, 2.45) is 0 Å². The fraction of sp³-hybridized carbons (Fsp3) is 0. The molecule has 0 amide bonds. The molecule has 8 nitrogen and oxygen atoms in total. The minimum absolute atomic E-state index is 0.189. The van der Waals surface area contributed by atoms with Gasteiger partial charge in [0.1, 0.15) is 5.69 Å². The van der Waals surface area contributed by atoms with Crippen LogP contribution in [0.5, 0.6) is 0 Å². The Bertz CT molecular complexity index is 1050. The molecule has 0 atom stereocenters. The van der Waals surface area contributed by atoms with Crippen molar-refractivity contribution in [2.75, 3.05) is 5.73 Å². The quantitative estimate of drug-likeness (QED) is 0.423. The average molecular weight is 353 g/mol. The maximum absolute atomic E-state index is 12.6. The molecule has 0 fully saturated rings. The van der Waals surface area contributed by atoms with E-state index >= 15 is 0 Å². The van der Waals surface area contributed by atoms with Crippen LogP contribution in [0.3, 0.4) is 0 Å². The van der Waals surface area contributed by atoms with Crippen molar-refractivity contribution in [1.29, 1.82) is 0 Å². The highest BCUT2D eigenvalue weighted by Gasteiger charge is 2.24. The van der Waals surface area contributed by atoms with Crippen molar-refractivity contribution in [1.82, 2.24) is 9.97 Å². The van der Waals surface area contributed by atoms with Crippen LogP contribution in [-0.4, -0.2) is 23.3 Å². The minimum Gasteiger partial charge on any atom is -0.393 e. The minimum atomic E-state index is -3.99. The molecule has 3 rings (SSSR count). The number of nitrogens with one attached hydrogen (secondary N) is 1. The van der Waals surface area contributed by atoms with Crippen molar-refractivity contribution in [3.8, 4) is 0 Å². The Morgan fingerprint density at radius 3 is 2.61 bits per heavy atom. The smallest absolute Gasteiger partial charge is 0.292 e. The van der Waals surface area contributed by atoms with E-state index in [1.807, 2.05) is 0 Å². The highest BCUT2D eigenvalue weighted by molar-refractivity contribution is 7.91. The number of imidazole rings is 1. The third-order valence-electron chi connectivity index (χ3n) is 3.18. The van der Waals surface area contributed by atoms with E-state index in [1.54, 1.807) is 18.2 Å². The summed E-state index contributed by atoms with van der Waals surface area (Å²) in [4.78, 5) is 16.6. The lowest BCUT2D eigenvalue weighted by Crippen LogP contribution is -2.06. The Labute approximate surface area is 135 Å². The number of nitrogens with zero attached hydrogens (tertiary/aromatic N) is 2. The first-order valence-electron chi connectivity index (χ1n) is 6.23. The second-order valence-corrected chi connectivity index (χ2v) is 6.99. The molecule has 1 heterocycles. The first-order chi connectivity index (χ1) is 10.8. The lowest BCUT2D eigenvalue weighted by molar-refractivity contribution is -0.383. The predicted octanol–water partition coefficient (Wildman–Crippen LogP) is 2.54. The fourth-order valence-electron chi connectivity index (χ4n) is 2.06. The molecular formula is C13H9ClN4O4S. The molecule has 10 heteroatoms. The van der Waals surface area contributed by atoms with Crippen molar-refractivity contribution < 1.29 is 13.3 Å². The van der Waals surface area contributed by atoms with Crippen LogP contribution in [0.4, 0.5) is 11.4 Å². The summed E-state index contributed by atoms with van der Waals surface area (Å²) >= 11 is 5.85. The van der Waals surface area contributed by atoms with Crippen LogP contribution in [0.1, 0.15) is 0 Å². The van der Waals surface area contributed by atoms with Crippen LogP contribution in [0, 0.1) is 10.1 Å². The van der Waals surface area contributed by atoms with Crippen molar-refractivity contribution in [3.63, 3.8) is 0 Å². The Kier molecular flexibility index (Phi) is 3.46. The first kappa shape index (κ1) is 15.3. The van der Waals surface area contributed by atoms with E-state index in [-0.39, 0.29) is 21.4 Å². The van der Waals surface area contributed by atoms with Crippen LogP contribution in [0.2, 0.25) is 5.02 Å². The highest BCUT2D eigenvalue weighted by Crippen LogP contribution is 2.28. The van der Waals surface area contributed by atoms with Crippen LogP contribution in [0.25, 0.3) is 11.0 Å². The number of sulfone groups is 1. The lowest BCUT2D eigenvalue weighted by Gasteiger charge is -2.03. The Hall–Kier alpha value is -2.65. The number of nitro groups is 1. The van der Waals surface area contributed by atoms with Gasteiger partial charge in [-0.3, -0.25) is 10.1 Å². The number of anilines is 1. The third kappa shape index (κ3) is 2.60. The zero-order chi connectivity index (χ0) is 16.8. The zero-order valence-electron chi connectivity index (χ0n) is 11.4. The lowest BCUT2D eigenvalue weighted by atomic mass is 10.3. The summed E-state index contributed by atoms with van der Waals surface area (Å²) in [5, 5.41) is 10.9. The molecule has 0 aliphatic rings. The highest BCUT2D eigenvalue weighted by atomic mass is 35.5. The Morgan fingerprint density at radius 2 is 1.96 bits per heavy atom. The standard InChI is InChI=1S/C13H9ClN4O4S/c14-7-1-3-10-11(5-7)17-13(16-10)23(21,22)8-2-4-12(18(19)20)9(15)6-8/h1-6H,15H2,(H,16,17). The molecule has 1 aromatic heterocycles. The Morgan fingerprint density at radius 1 is 1.22 bits per heavy atom. The second kappa shape index (κ2) is 5.21. The van der Waals surface area contributed by atoms with Gasteiger partial charge < -0.3 is 10.7 Å². The van der Waals surface area contributed by atoms with Gasteiger partial charge in [0.2, 0.25) is 15.0 Å². The number of rotatable bonds is 3. The summed E-state index contributed by atoms with van der Waals surface area (Å²) in [5.74, 6) is 0. The zero-order valence-corrected chi connectivity index (χ0v) is 12.9. The van der Waals surface area contributed by atoms with Gasteiger partial charge in [-0.1, -0.05) is 11.6 Å². The average Bonchev–Trinajstić information content (AvgIpc) is 2.90. The monoisotopic (exact) mass is 352 g/mol. The van der Waals surface area contributed by atoms with Gasteiger partial charge in [-0.15, -0.1) is 0 Å². The number of hydrogen-bond acceptors (Lipinski definition) is 6. The van der Waals surface area contributed by atoms with E-state index in [2.05, 4.69) is 9.97 Å². The summed E-state index contributed by atoms with van der Waals surface area (Å²) in [5.41, 5.74) is 5.83. The number of nitrogens with two attached hydrogens (primary N) is 1. The number of nitrogen functional groups attached to an aromatic ring is 1. The molecule has 3 N–H and O–H groups in total. The molecular weight excluding hydrogens is 344 g/mol. The summed E-state index contributed by atoms with van der Waals surface area (Å²) in [7, 11) is -3.99. The molecule has 0 unspecified atom stereocenters. The molecule has 23 heavy (non-hydrogen) atoms. The normalized spacial score (nSPS) is 11.7. The second-order valence-electron chi connectivity index (χ2n) is 4.68. The topological polar surface area (TPSA) is 132 Å². The summed E-state index contributed by atoms with van der Waals surface area (Å²) in [6.07, 6.45) is 0. The van der Waals surface area contributed by atoms with Crippen LogP contribution in [0.15, 0.2) is 46.5 Å². The van der Waals surface area contributed by atoms with Gasteiger partial charge in [0, 0.05) is 11.1 Å². The molecule has 0 spiro atoms. The van der Waals surface area contributed by atoms with Gasteiger partial charge in [-0.05, 0) is 30.3 Å². The number of hydrogen-bond donors (Lipinski definition) is 2. The van der Waals surface area contributed by atoms with Crippen LogP contribution < -0.4 is 5.73 Å². The van der Waals surface area contributed by atoms with Gasteiger partial charge in [-0.25, -0.2) is 13.4 Å². The van der Waals surface area contributed by atoms with Crippen LogP contribution in [-0.2, 0) is 9.84 Å². The number of benzene rings is 2. The van der Waals surface area contributed by atoms with Gasteiger partial charge in [0.25, 0.3) is 5.69 Å². The van der Waals surface area contributed by atoms with Gasteiger partial charge >= 0.3 is 0 Å². The third-order valence-corrected chi connectivity index (χ3v) is 4.99. The fourth-order valence-corrected chi connectivity index (χ4v) is 3.45. The van der Waals surface area contributed by atoms with Gasteiger partial charge in [0.15, 0.2) is 0 Å². The molecule has 0 saturated heterocycles. The molecule has 0 aliphatic heterocycles. The van der Waals surface area contributed by atoms with Gasteiger partial charge in [-0.2, -0.15) is 0 Å².